The highest BCUT2D eigenvalue weighted by atomic mass is 35.5. The van der Waals surface area contributed by atoms with Crippen molar-refractivity contribution in [2.75, 3.05) is 0 Å². The largest absolute Gasteiger partial charge is 0.479 e. The summed E-state index contributed by atoms with van der Waals surface area (Å²) in [5, 5.41) is 20.8. The summed E-state index contributed by atoms with van der Waals surface area (Å²) in [5.41, 5.74) is -1.17. The second kappa shape index (κ2) is 8.60. The highest BCUT2D eigenvalue weighted by Gasteiger charge is 2.56. The minimum absolute atomic E-state index is 0.0378. The number of nitrogens with zero attached hydrogens (tertiary/aromatic N) is 1. The number of ketones is 1. The van der Waals surface area contributed by atoms with E-state index in [-0.39, 0.29) is 30.1 Å². The average molecular weight is 506 g/mol. The van der Waals surface area contributed by atoms with Gasteiger partial charge in [-0.3, -0.25) is 14.4 Å². The van der Waals surface area contributed by atoms with Gasteiger partial charge in [0.15, 0.2) is 11.9 Å². The molecule has 1 aromatic heterocycles. The number of halogens is 2. The molecular weight excluding hydrogens is 481 g/mol. The number of carbonyl (C=O) groups is 3. The van der Waals surface area contributed by atoms with E-state index in [1.165, 1.54) is 19.1 Å². The van der Waals surface area contributed by atoms with Crippen LogP contribution in [-0.2, 0) is 4.79 Å². The SMILES string of the molecule is CC(F)c1cc(C(=O)NC23CCC(NC(=O)C4CC(=O)c5cc(Cl)ccc5O4)(CC2)[C@@H](O)C3)on1. The van der Waals surface area contributed by atoms with Crippen LogP contribution in [0.25, 0.3) is 0 Å². The number of aromatic nitrogens is 1. The first kappa shape index (κ1) is 23.7. The van der Waals surface area contributed by atoms with Gasteiger partial charge in [-0.2, -0.15) is 0 Å². The summed E-state index contributed by atoms with van der Waals surface area (Å²) < 4.78 is 24.1. The van der Waals surface area contributed by atoms with Crippen LogP contribution >= 0.6 is 11.6 Å². The number of aliphatic hydroxyl groups is 1. The molecule has 0 saturated heterocycles. The van der Waals surface area contributed by atoms with Crippen LogP contribution in [0.15, 0.2) is 28.8 Å². The molecule has 4 aliphatic rings. The van der Waals surface area contributed by atoms with Gasteiger partial charge in [-0.1, -0.05) is 16.8 Å². The molecule has 2 unspecified atom stereocenters. The Hall–Kier alpha value is -2.98. The number of ether oxygens (including phenoxy) is 1. The van der Waals surface area contributed by atoms with Crippen LogP contribution < -0.4 is 15.4 Å². The fourth-order valence-corrected chi connectivity index (χ4v) is 5.49. The first-order valence-corrected chi connectivity index (χ1v) is 11.9. The molecule has 6 rings (SSSR count). The summed E-state index contributed by atoms with van der Waals surface area (Å²) in [4.78, 5) is 38.3. The number of hydrogen-bond acceptors (Lipinski definition) is 7. The zero-order valence-electron chi connectivity index (χ0n) is 19.0. The van der Waals surface area contributed by atoms with Crippen molar-refractivity contribution in [3.05, 3.63) is 46.3 Å². The van der Waals surface area contributed by atoms with Crippen LogP contribution in [-0.4, -0.2) is 51.1 Å². The number of hydrogen-bond donors (Lipinski definition) is 3. The second-order valence-electron chi connectivity index (χ2n) is 9.71. The third-order valence-corrected chi connectivity index (χ3v) is 7.64. The summed E-state index contributed by atoms with van der Waals surface area (Å²) >= 11 is 5.95. The summed E-state index contributed by atoms with van der Waals surface area (Å²) in [5.74, 6) is -1.02. The molecule has 3 fully saturated rings. The number of alkyl halides is 1. The minimum Gasteiger partial charge on any atom is -0.479 e. The first-order valence-electron chi connectivity index (χ1n) is 11.5. The molecule has 3 N–H and O–H groups in total. The normalized spacial score (nSPS) is 30.2. The summed E-state index contributed by atoms with van der Waals surface area (Å²) in [7, 11) is 0. The zero-order chi connectivity index (χ0) is 25.0. The van der Waals surface area contributed by atoms with Crippen LogP contribution in [0.3, 0.4) is 0 Å². The van der Waals surface area contributed by atoms with Crippen molar-refractivity contribution in [3.63, 3.8) is 0 Å². The Balaban J connectivity index is 1.24. The van der Waals surface area contributed by atoms with Crippen molar-refractivity contribution >= 4 is 29.2 Å². The number of Topliss-reactive ketones (excluding diaryl/α,β-unsaturated/α-hetero) is 1. The fraction of sp³-hybridized carbons (Fsp3) is 0.500. The molecule has 2 bridgehead atoms. The van der Waals surface area contributed by atoms with Gasteiger partial charge < -0.3 is 25.0 Å². The number of rotatable bonds is 5. The van der Waals surface area contributed by atoms with E-state index >= 15 is 0 Å². The van der Waals surface area contributed by atoms with Gasteiger partial charge in [-0.25, -0.2) is 4.39 Å². The van der Waals surface area contributed by atoms with Gasteiger partial charge in [0, 0.05) is 16.6 Å². The Morgan fingerprint density at radius 3 is 2.63 bits per heavy atom. The molecule has 1 aliphatic heterocycles. The number of aliphatic hydroxyl groups excluding tert-OH is 1. The monoisotopic (exact) mass is 505 g/mol. The average Bonchev–Trinajstić information content (AvgIpc) is 3.32. The van der Waals surface area contributed by atoms with E-state index in [0.717, 1.165) is 0 Å². The van der Waals surface area contributed by atoms with Gasteiger partial charge in [0.1, 0.15) is 17.6 Å². The van der Waals surface area contributed by atoms with Crippen molar-refractivity contribution in [2.24, 2.45) is 0 Å². The molecular formula is C24H25ClFN3O6. The third-order valence-electron chi connectivity index (χ3n) is 7.41. The molecule has 2 aromatic rings. The van der Waals surface area contributed by atoms with E-state index in [0.29, 0.717) is 42.0 Å². The quantitative estimate of drug-likeness (QED) is 0.569. The van der Waals surface area contributed by atoms with Crippen LogP contribution in [0.5, 0.6) is 5.75 Å². The highest BCUT2D eigenvalue weighted by molar-refractivity contribution is 6.31. The lowest BCUT2D eigenvalue weighted by Crippen LogP contribution is -2.71. The molecule has 2 amide bonds. The van der Waals surface area contributed by atoms with E-state index in [4.69, 9.17) is 20.9 Å². The lowest BCUT2D eigenvalue weighted by Gasteiger charge is -2.56. The van der Waals surface area contributed by atoms with E-state index in [1.807, 2.05) is 0 Å². The van der Waals surface area contributed by atoms with E-state index in [2.05, 4.69) is 15.8 Å². The lowest BCUT2D eigenvalue weighted by atomic mass is 9.59. The smallest absolute Gasteiger partial charge is 0.290 e. The van der Waals surface area contributed by atoms with Gasteiger partial charge in [0.25, 0.3) is 11.8 Å². The Bertz CT molecular complexity index is 1190. The number of amides is 2. The summed E-state index contributed by atoms with van der Waals surface area (Å²) in [6, 6.07) is 5.93. The van der Waals surface area contributed by atoms with Crippen molar-refractivity contribution in [1.29, 1.82) is 0 Å². The number of fused-ring (bicyclic) bond motifs is 4. The standard InChI is InChI=1S/C24H25ClFN3O6/c1-12(26)15-9-19(35-29-15)22(33)27-23-4-6-24(7-5-23,20(31)11-23)28-21(32)18-10-16(30)14-8-13(25)2-3-17(14)34-18/h2-3,8-9,12,18,20,31H,4-7,10-11H2,1H3,(H,27,33)(H,28,32)/t12?,18?,20-,23?,24?/m0/s1. The topological polar surface area (TPSA) is 131 Å². The Kier molecular flexibility index (Phi) is 5.83. The van der Waals surface area contributed by atoms with Crippen molar-refractivity contribution in [3.8, 4) is 5.75 Å². The van der Waals surface area contributed by atoms with E-state index < -0.39 is 41.3 Å². The first-order chi connectivity index (χ1) is 16.6. The number of benzene rings is 1. The maximum atomic E-state index is 13.4. The molecule has 1 aromatic carbocycles. The predicted molar refractivity (Wildman–Crippen MR) is 121 cm³/mol. The third kappa shape index (κ3) is 4.29. The van der Waals surface area contributed by atoms with Gasteiger partial charge in [-0.05, 0) is 57.2 Å². The number of carbonyl (C=O) groups excluding carboxylic acids is 3. The summed E-state index contributed by atoms with van der Waals surface area (Å²) in [6.45, 7) is 1.30. The molecule has 0 spiro atoms. The molecule has 2 heterocycles. The van der Waals surface area contributed by atoms with Gasteiger partial charge in [-0.15, -0.1) is 0 Å². The predicted octanol–water partition coefficient (Wildman–Crippen LogP) is 3.05. The Morgan fingerprint density at radius 1 is 1.23 bits per heavy atom. The molecule has 186 valence electrons. The van der Waals surface area contributed by atoms with Crippen LogP contribution in [0, 0.1) is 0 Å². The minimum atomic E-state index is -1.36. The van der Waals surface area contributed by atoms with Crippen molar-refractivity contribution in [2.45, 2.75) is 74.9 Å². The molecule has 3 atom stereocenters. The maximum absolute atomic E-state index is 13.4. The van der Waals surface area contributed by atoms with E-state index in [1.54, 1.807) is 12.1 Å². The molecule has 9 nitrogen and oxygen atoms in total. The highest BCUT2D eigenvalue weighted by Crippen LogP contribution is 2.47. The van der Waals surface area contributed by atoms with Gasteiger partial charge in [0.05, 0.1) is 23.6 Å². The van der Waals surface area contributed by atoms with Gasteiger partial charge >= 0.3 is 0 Å². The molecule has 3 saturated carbocycles. The lowest BCUT2D eigenvalue weighted by molar-refractivity contribution is -0.137. The Labute approximate surface area is 205 Å². The van der Waals surface area contributed by atoms with Crippen LogP contribution in [0.1, 0.15) is 78.2 Å². The maximum Gasteiger partial charge on any atom is 0.290 e. The Morgan fingerprint density at radius 2 is 1.97 bits per heavy atom. The number of nitrogens with one attached hydrogen (secondary N) is 2. The van der Waals surface area contributed by atoms with Crippen molar-refractivity contribution in [1.82, 2.24) is 15.8 Å². The second-order valence-corrected chi connectivity index (χ2v) is 10.1. The van der Waals surface area contributed by atoms with E-state index in [9.17, 15) is 23.9 Å². The molecule has 0 radical (unpaired) electrons. The van der Waals surface area contributed by atoms with Gasteiger partial charge in [0.2, 0.25) is 5.76 Å². The van der Waals surface area contributed by atoms with Crippen molar-refractivity contribution < 1.29 is 33.1 Å². The molecule has 11 heteroatoms. The molecule has 3 aliphatic carbocycles. The molecule has 35 heavy (non-hydrogen) atoms. The fourth-order valence-electron chi connectivity index (χ4n) is 5.32. The zero-order valence-corrected chi connectivity index (χ0v) is 19.7. The van der Waals surface area contributed by atoms with Crippen LogP contribution in [0.4, 0.5) is 4.39 Å². The summed E-state index contributed by atoms with van der Waals surface area (Å²) in [6.07, 6.45) is -1.30. The van der Waals surface area contributed by atoms with Crippen LogP contribution in [0.2, 0.25) is 5.02 Å².